The number of aromatic nitrogens is 2. The first kappa shape index (κ1) is 10.8. The van der Waals surface area contributed by atoms with Gasteiger partial charge in [0.15, 0.2) is 11.0 Å². The number of nitrogens with zero attached hydrogens (tertiary/aromatic N) is 2. The molecule has 90 valence electrons. The van der Waals surface area contributed by atoms with Gasteiger partial charge in [-0.3, -0.25) is 0 Å². The molecule has 1 saturated carbocycles. The first-order chi connectivity index (χ1) is 8.31. The summed E-state index contributed by atoms with van der Waals surface area (Å²) in [5.41, 5.74) is 0. The van der Waals surface area contributed by atoms with Crippen LogP contribution in [-0.4, -0.2) is 10.1 Å². The van der Waals surface area contributed by atoms with E-state index in [-0.39, 0.29) is 0 Å². The van der Waals surface area contributed by atoms with Crippen molar-refractivity contribution in [2.75, 3.05) is 0 Å². The average molecular weight is 254 g/mol. The molecule has 2 heterocycles. The lowest BCUT2D eigenvalue weighted by Crippen LogP contribution is -2.13. The maximum atomic E-state index is 5.67. The highest BCUT2D eigenvalue weighted by atomic mass is 35.5. The number of hydrogen-bond acceptors (Lipinski definition) is 5. The number of hydrogen-bond donors (Lipinski definition) is 1. The second-order valence-electron chi connectivity index (χ2n) is 4.13. The Labute approximate surface area is 103 Å². The number of halogens is 1. The fourth-order valence-electron chi connectivity index (χ4n) is 1.58. The summed E-state index contributed by atoms with van der Waals surface area (Å²) >= 11 is 5.67. The first-order valence-corrected chi connectivity index (χ1v) is 5.96. The smallest absolute Gasteiger partial charge is 0.229 e. The third kappa shape index (κ3) is 2.68. The van der Waals surface area contributed by atoms with Crippen LogP contribution in [0.5, 0.6) is 0 Å². The zero-order chi connectivity index (χ0) is 11.7. The summed E-state index contributed by atoms with van der Waals surface area (Å²) in [5, 5.41) is 7.48. The van der Waals surface area contributed by atoms with E-state index in [1.165, 1.54) is 12.8 Å². The predicted octanol–water partition coefficient (Wildman–Crippen LogP) is 2.48. The zero-order valence-electron chi connectivity index (χ0n) is 9.15. The highest BCUT2D eigenvalue weighted by molar-refractivity contribution is 6.28. The third-order valence-corrected chi connectivity index (χ3v) is 2.82. The first-order valence-electron chi connectivity index (χ1n) is 5.58. The lowest BCUT2D eigenvalue weighted by Gasteiger charge is -1.97. The molecule has 1 aliphatic rings. The summed E-state index contributed by atoms with van der Waals surface area (Å²) in [7, 11) is 0. The summed E-state index contributed by atoms with van der Waals surface area (Å²) in [4.78, 5) is 4.31. The Bertz CT molecular complexity index is 504. The molecule has 2 aromatic heterocycles. The van der Waals surface area contributed by atoms with Gasteiger partial charge in [-0.25, -0.2) is 0 Å². The summed E-state index contributed by atoms with van der Waals surface area (Å²) < 4.78 is 10.4. The molecular formula is C11H12ClN3O2. The van der Waals surface area contributed by atoms with Gasteiger partial charge in [-0.2, -0.15) is 4.98 Å². The van der Waals surface area contributed by atoms with Crippen LogP contribution < -0.4 is 5.32 Å². The Balaban J connectivity index is 1.49. The Morgan fingerprint density at radius 3 is 2.94 bits per heavy atom. The maximum absolute atomic E-state index is 5.67. The van der Waals surface area contributed by atoms with Gasteiger partial charge in [-0.15, -0.1) is 0 Å². The van der Waals surface area contributed by atoms with Gasteiger partial charge in [-0.1, -0.05) is 5.16 Å². The van der Waals surface area contributed by atoms with Crippen LogP contribution in [-0.2, 0) is 13.1 Å². The molecule has 0 aliphatic heterocycles. The van der Waals surface area contributed by atoms with Crippen LogP contribution in [0.4, 0.5) is 0 Å². The molecule has 1 N–H and O–H groups in total. The van der Waals surface area contributed by atoms with Crippen LogP contribution in [0.25, 0.3) is 0 Å². The van der Waals surface area contributed by atoms with Crippen molar-refractivity contribution >= 4 is 11.6 Å². The van der Waals surface area contributed by atoms with Gasteiger partial charge >= 0.3 is 0 Å². The van der Waals surface area contributed by atoms with Gasteiger partial charge in [0, 0.05) is 5.92 Å². The zero-order valence-corrected chi connectivity index (χ0v) is 9.91. The van der Waals surface area contributed by atoms with Crippen LogP contribution in [0.3, 0.4) is 0 Å². The molecule has 0 unspecified atom stereocenters. The van der Waals surface area contributed by atoms with E-state index in [4.69, 9.17) is 20.5 Å². The molecule has 1 aliphatic carbocycles. The number of nitrogens with one attached hydrogen (secondary N) is 1. The molecule has 3 rings (SSSR count). The summed E-state index contributed by atoms with van der Waals surface area (Å²) in [6, 6.07) is 3.55. The van der Waals surface area contributed by atoms with Gasteiger partial charge < -0.3 is 14.3 Å². The van der Waals surface area contributed by atoms with E-state index in [0.717, 1.165) is 11.7 Å². The van der Waals surface area contributed by atoms with Gasteiger partial charge in [0.2, 0.25) is 5.89 Å². The molecule has 0 amide bonds. The van der Waals surface area contributed by atoms with Crippen LogP contribution >= 0.6 is 11.6 Å². The molecule has 17 heavy (non-hydrogen) atoms. The van der Waals surface area contributed by atoms with E-state index in [1.54, 1.807) is 6.07 Å². The van der Waals surface area contributed by atoms with Gasteiger partial charge in [0.1, 0.15) is 5.76 Å². The molecule has 0 bridgehead atoms. The largest absolute Gasteiger partial charge is 0.448 e. The molecule has 0 aromatic carbocycles. The minimum Gasteiger partial charge on any atom is -0.448 e. The minimum atomic E-state index is 0.400. The number of rotatable bonds is 5. The molecule has 0 spiro atoms. The van der Waals surface area contributed by atoms with Crippen molar-refractivity contribution in [3.05, 3.63) is 34.8 Å². The molecular weight excluding hydrogens is 242 g/mol. The molecule has 2 aromatic rings. The summed E-state index contributed by atoms with van der Waals surface area (Å²) in [6.45, 7) is 1.16. The standard InChI is InChI=1S/C11H12ClN3O2/c12-9-4-3-8(16-9)5-13-6-10-14-11(17-15-10)7-1-2-7/h3-4,7,13H,1-2,5-6H2. The molecule has 0 radical (unpaired) electrons. The van der Waals surface area contributed by atoms with Crippen molar-refractivity contribution in [3.63, 3.8) is 0 Å². The average Bonchev–Trinajstić information content (AvgIpc) is 2.93. The second-order valence-corrected chi connectivity index (χ2v) is 4.51. The monoisotopic (exact) mass is 253 g/mol. The predicted molar refractivity (Wildman–Crippen MR) is 60.5 cm³/mol. The van der Waals surface area contributed by atoms with Crippen LogP contribution in [0.2, 0.25) is 5.22 Å². The van der Waals surface area contributed by atoms with Crippen molar-refractivity contribution < 1.29 is 8.94 Å². The van der Waals surface area contributed by atoms with Crippen molar-refractivity contribution in [3.8, 4) is 0 Å². The quantitative estimate of drug-likeness (QED) is 0.887. The highest BCUT2D eigenvalue weighted by Gasteiger charge is 2.29. The molecule has 0 saturated heterocycles. The number of furan rings is 1. The van der Waals surface area contributed by atoms with Crippen molar-refractivity contribution in [2.24, 2.45) is 0 Å². The van der Waals surface area contributed by atoms with E-state index in [1.807, 2.05) is 6.07 Å². The van der Waals surface area contributed by atoms with E-state index in [2.05, 4.69) is 15.5 Å². The minimum absolute atomic E-state index is 0.400. The van der Waals surface area contributed by atoms with Crippen molar-refractivity contribution in [1.82, 2.24) is 15.5 Å². The van der Waals surface area contributed by atoms with E-state index in [9.17, 15) is 0 Å². The Morgan fingerprint density at radius 2 is 2.24 bits per heavy atom. The van der Waals surface area contributed by atoms with Crippen LogP contribution in [0, 0.1) is 0 Å². The fourth-order valence-corrected chi connectivity index (χ4v) is 1.74. The Kier molecular flexibility index (Phi) is 2.86. The van der Waals surface area contributed by atoms with E-state index >= 15 is 0 Å². The fraction of sp³-hybridized carbons (Fsp3) is 0.455. The topological polar surface area (TPSA) is 64.1 Å². The SMILES string of the molecule is Clc1ccc(CNCc2noc(C3CC3)n2)o1. The second kappa shape index (κ2) is 4.50. The lowest BCUT2D eigenvalue weighted by molar-refractivity contribution is 0.372. The molecule has 0 atom stereocenters. The maximum Gasteiger partial charge on any atom is 0.229 e. The van der Waals surface area contributed by atoms with E-state index < -0.39 is 0 Å². The van der Waals surface area contributed by atoms with Crippen molar-refractivity contribution in [2.45, 2.75) is 31.8 Å². The Morgan fingerprint density at radius 1 is 1.35 bits per heavy atom. The van der Waals surface area contributed by atoms with Crippen molar-refractivity contribution in [1.29, 1.82) is 0 Å². The normalized spacial score (nSPS) is 15.4. The lowest BCUT2D eigenvalue weighted by atomic mass is 10.4. The third-order valence-electron chi connectivity index (χ3n) is 2.62. The molecule has 5 nitrogen and oxygen atoms in total. The van der Waals surface area contributed by atoms with E-state index in [0.29, 0.717) is 30.1 Å². The van der Waals surface area contributed by atoms with Gasteiger partial charge in [0.05, 0.1) is 13.1 Å². The summed E-state index contributed by atoms with van der Waals surface area (Å²) in [6.07, 6.45) is 2.33. The molecule has 1 fully saturated rings. The van der Waals surface area contributed by atoms with Crippen LogP contribution in [0.15, 0.2) is 21.1 Å². The van der Waals surface area contributed by atoms with Gasteiger partial charge in [-0.05, 0) is 36.6 Å². The Hall–Kier alpha value is -1.33. The van der Waals surface area contributed by atoms with Crippen LogP contribution in [0.1, 0.15) is 36.2 Å². The molecule has 6 heteroatoms. The summed E-state index contributed by atoms with van der Waals surface area (Å²) in [5.74, 6) is 2.74. The van der Waals surface area contributed by atoms with Gasteiger partial charge in [0.25, 0.3) is 0 Å². The highest BCUT2D eigenvalue weighted by Crippen LogP contribution is 2.38.